The maximum atomic E-state index is 12.0. The molecule has 0 radical (unpaired) electrons. The molecular formula is C16H20N4O. The van der Waals surface area contributed by atoms with E-state index in [1.807, 2.05) is 37.4 Å². The number of hydrogen-bond acceptors (Lipinski definition) is 4. The Labute approximate surface area is 124 Å². The van der Waals surface area contributed by atoms with Crippen LogP contribution in [0, 0.1) is 0 Å². The monoisotopic (exact) mass is 284 g/mol. The number of benzene rings is 2. The summed E-state index contributed by atoms with van der Waals surface area (Å²) in [5.74, 6) is -0.171. The maximum Gasteiger partial charge on any atom is 0.251 e. The van der Waals surface area contributed by atoms with Crippen molar-refractivity contribution in [3.8, 4) is 0 Å². The van der Waals surface area contributed by atoms with Crippen LogP contribution in [0.25, 0.3) is 0 Å². The zero-order valence-corrected chi connectivity index (χ0v) is 12.0. The topological polar surface area (TPSA) is 84.4 Å². The summed E-state index contributed by atoms with van der Waals surface area (Å²) >= 11 is 0. The molecule has 0 fully saturated rings. The van der Waals surface area contributed by atoms with E-state index in [1.165, 1.54) is 0 Å². The maximum absolute atomic E-state index is 12.0. The van der Waals surface area contributed by atoms with Crippen LogP contribution in [-0.4, -0.2) is 26.0 Å². The van der Waals surface area contributed by atoms with Crippen molar-refractivity contribution in [3.63, 3.8) is 0 Å². The van der Waals surface area contributed by atoms with Gasteiger partial charge in [0.05, 0.1) is 0 Å². The molecule has 110 valence electrons. The van der Waals surface area contributed by atoms with E-state index in [2.05, 4.69) is 10.2 Å². The van der Waals surface area contributed by atoms with Gasteiger partial charge in [-0.05, 0) is 30.3 Å². The average Bonchev–Trinajstić information content (AvgIpc) is 2.47. The van der Waals surface area contributed by atoms with E-state index in [1.54, 1.807) is 18.2 Å². The molecule has 5 heteroatoms. The summed E-state index contributed by atoms with van der Waals surface area (Å²) in [6.45, 7) is 1.26. The normalized spacial score (nSPS) is 10.1. The molecule has 0 aliphatic carbocycles. The molecule has 0 bridgehead atoms. The zero-order chi connectivity index (χ0) is 15.2. The minimum Gasteiger partial charge on any atom is -0.399 e. The lowest BCUT2D eigenvalue weighted by atomic mass is 10.1. The average molecular weight is 284 g/mol. The first-order valence-corrected chi connectivity index (χ1v) is 6.76. The predicted octanol–water partition coefficient (Wildman–Crippen LogP) is 1.72. The third-order valence-corrected chi connectivity index (χ3v) is 3.17. The van der Waals surface area contributed by atoms with E-state index in [9.17, 15) is 4.79 Å². The zero-order valence-electron chi connectivity index (χ0n) is 12.0. The highest BCUT2D eigenvalue weighted by Gasteiger charge is 2.07. The molecule has 0 unspecified atom stereocenters. The van der Waals surface area contributed by atoms with Gasteiger partial charge in [-0.15, -0.1) is 0 Å². The van der Waals surface area contributed by atoms with E-state index in [-0.39, 0.29) is 5.91 Å². The van der Waals surface area contributed by atoms with Gasteiger partial charge in [0.25, 0.3) is 5.91 Å². The molecular weight excluding hydrogens is 264 g/mol. The lowest BCUT2D eigenvalue weighted by molar-refractivity contribution is 0.0955. The third-order valence-electron chi connectivity index (χ3n) is 3.17. The summed E-state index contributed by atoms with van der Waals surface area (Å²) in [5.41, 5.74) is 13.9. The minimum absolute atomic E-state index is 0.171. The van der Waals surface area contributed by atoms with Crippen molar-refractivity contribution in [2.24, 2.45) is 0 Å². The van der Waals surface area contributed by atoms with Gasteiger partial charge in [0.15, 0.2) is 0 Å². The predicted molar refractivity (Wildman–Crippen MR) is 87.3 cm³/mol. The van der Waals surface area contributed by atoms with E-state index in [4.69, 9.17) is 11.5 Å². The number of rotatable bonds is 5. The number of anilines is 3. The van der Waals surface area contributed by atoms with Crippen molar-refractivity contribution < 1.29 is 4.79 Å². The molecule has 0 aliphatic heterocycles. The molecule has 5 N–H and O–H groups in total. The lowest BCUT2D eigenvalue weighted by Gasteiger charge is -2.19. The van der Waals surface area contributed by atoms with E-state index >= 15 is 0 Å². The fourth-order valence-corrected chi connectivity index (χ4v) is 2.06. The van der Waals surface area contributed by atoms with Crippen LogP contribution in [0.2, 0.25) is 0 Å². The van der Waals surface area contributed by atoms with E-state index < -0.39 is 0 Å². The minimum atomic E-state index is -0.171. The fraction of sp³-hybridized carbons (Fsp3) is 0.188. The molecule has 0 saturated heterocycles. The quantitative estimate of drug-likeness (QED) is 0.730. The number of amides is 1. The van der Waals surface area contributed by atoms with Crippen molar-refractivity contribution >= 4 is 23.0 Å². The van der Waals surface area contributed by atoms with Crippen molar-refractivity contribution in [3.05, 3.63) is 54.1 Å². The van der Waals surface area contributed by atoms with Crippen molar-refractivity contribution in [1.82, 2.24) is 5.32 Å². The van der Waals surface area contributed by atoms with Crippen molar-refractivity contribution in [2.45, 2.75) is 0 Å². The molecule has 2 aromatic rings. The van der Waals surface area contributed by atoms with Gasteiger partial charge >= 0.3 is 0 Å². The van der Waals surface area contributed by atoms with Gasteiger partial charge in [-0.2, -0.15) is 0 Å². The summed E-state index contributed by atoms with van der Waals surface area (Å²) in [6.07, 6.45) is 0. The van der Waals surface area contributed by atoms with Crippen molar-refractivity contribution in [2.75, 3.05) is 36.5 Å². The molecule has 1 amide bonds. The number of likely N-dealkylation sites (N-methyl/N-ethyl adjacent to an activating group) is 1. The number of carbonyl (C=O) groups is 1. The van der Waals surface area contributed by atoms with E-state index in [0.717, 1.165) is 5.69 Å². The molecule has 0 atom stereocenters. The second-order valence-corrected chi connectivity index (χ2v) is 4.90. The van der Waals surface area contributed by atoms with Gasteiger partial charge in [0.1, 0.15) is 0 Å². The van der Waals surface area contributed by atoms with Gasteiger partial charge in [-0.1, -0.05) is 18.2 Å². The van der Waals surface area contributed by atoms with Crippen LogP contribution < -0.4 is 21.7 Å². The molecule has 21 heavy (non-hydrogen) atoms. The molecule has 2 rings (SSSR count). The van der Waals surface area contributed by atoms with Gasteiger partial charge in [-0.25, -0.2) is 0 Å². The van der Waals surface area contributed by atoms with Crippen LogP contribution in [-0.2, 0) is 0 Å². The van der Waals surface area contributed by atoms with Crippen LogP contribution >= 0.6 is 0 Å². The molecule has 0 heterocycles. The first kappa shape index (κ1) is 14.7. The smallest absolute Gasteiger partial charge is 0.251 e. The Hall–Kier alpha value is -2.69. The number of nitrogens with zero attached hydrogens (tertiary/aromatic N) is 1. The fourth-order valence-electron chi connectivity index (χ4n) is 2.06. The number of nitrogens with one attached hydrogen (secondary N) is 1. The summed E-state index contributed by atoms with van der Waals surface area (Å²) in [7, 11) is 1.99. The Morgan fingerprint density at radius 2 is 1.71 bits per heavy atom. The van der Waals surface area contributed by atoms with Crippen molar-refractivity contribution in [1.29, 1.82) is 0 Å². The van der Waals surface area contributed by atoms with Gasteiger partial charge < -0.3 is 21.7 Å². The first-order valence-electron chi connectivity index (χ1n) is 6.76. The number of nitrogen functional groups attached to an aromatic ring is 2. The van der Waals surface area contributed by atoms with Crippen LogP contribution in [0.3, 0.4) is 0 Å². The Kier molecular flexibility index (Phi) is 4.66. The molecule has 0 aromatic heterocycles. The molecule has 0 saturated carbocycles. The highest BCUT2D eigenvalue weighted by molar-refractivity contribution is 5.96. The van der Waals surface area contributed by atoms with Crippen LogP contribution in [0.1, 0.15) is 10.4 Å². The highest BCUT2D eigenvalue weighted by Crippen LogP contribution is 2.13. The summed E-state index contributed by atoms with van der Waals surface area (Å²) in [4.78, 5) is 14.1. The second kappa shape index (κ2) is 6.65. The number of hydrogen-bond donors (Lipinski definition) is 3. The Bertz CT molecular complexity index is 593. The molecule has 5 nitrogen and oxygen atoms in total. The van der Waals surface area contributed by atoms with Gasteiger partial charge in [-0.3, -0.25) is 4.79 Å². The lowest BCUT2D eigenvalue weighted by Crippen LogP contribution is -2.33. The Morgan fingerprint density at radius 3 is 2.33 bits per heavy atom. The largest absolute Gasteiger partial charge is 0.399 e. The number of nitrogens with two attached hydrogens (primary N) is 2. The summed E-state index contributed by atoms with van der Waals surface area (Å²) in [6, 6.07) is 14.9. The highest BCUT2D eigenvalue weighted by atomic mass is 16.1. The number of para-hydroxylation sites is 1. The second-order valence-electron chi connectivity index (χ2n) is 4.90. The van der Waals surface area contributed by atoms with Gasteiger partial charge in [0, 0.05) is 42.8 Å². The molecule has 2 aromatic carbocycles. The molecule has 0 aliphatic rings. The first-order chi connectivity index (χ1) is 10.1. The SMILES string of the molecule is CN(CCNC(=O)c1cc(N)cc(N)c1)c1ccccc1. The Balaban J connectivity index is 1.87. The van der Waals surface area contributed by atoms with Crippen LogP contribution in [0.5, 0.6) is 0 Å². The summed E-state index contributed by atoms with van der Waals surface area (Å²) in [5, 5.41) is 2.86. The standard InChI is InChI=1S/C16H20N4O/c1-20(15-5-3-2-4-6-15)8-7-19-16(21)12-9-13(17)11-14(18)10-12/h2-6,9-11H,7-8,17-18H2,1H3,(H,19,21). The summed E-state index contributed by atoms with van der Waals surface area (Å²) < 4.78 is 0. The van der Waals surface area contributed by atoms with Crippen LogP contribution in [0.15, 0.2) is 48.5 Å². The Morgan fingerprint density at radius 1 is 1.10 bits per heavy atom. The third kappa shape index (κ3) is 4.14. The van der Waals surface area contributed by atoms with E-state index in [0.29, 0.717) is 30.0 Å². The van der Waals surface area contributed by atoms with Crippen LogP contribution in [0.4, 0.5) is 17.1 Å². The number of carbonyl (C=O) groups excluding carboxylic acids is 1. The van der Waals surface area contributed by atoms with Gasteiger partial charge in [0.2, 0.25) is 0 Å². The molecule has 0 spiro atoms.